The van der Waals surface area contributed by atoms with E-state index in [4.69, 9.17) is 17.3 Å². The van der Waals surface area contributed by atoms with Crippen molar-refractivity contribution in [2.24, 2.45) is 5.73 Å². The minimum Gasteiger partial charge on any atom is -0.320 e. The van der Waals surface area contributed by atoms with Gasteiger partial charge in [-0.2, -0.15) is 0 Å². The molecule has 0 amide bonds. The van der Waals surface area contributed by atoms with Gasteiger partial charge in [0.1, 0.15) is 5.82 Å². The van der Waals surface area contributed by atoms with Crippen LogP contribution in [-0.4, -0.2) is 0 Å². The van der Waals surface area contributed by atoms with Crippen molar-refractivity contribution in [3.8, 4) is 0 Å². The number of thiophene rings is 1. The van der Waals surface area contributed by atoms with Crippen LogP contribution in [-0.2, 0) is 0 Å². The summed E-state index contributed by atoms with van der Waals surface area (Å²) in [7, 11) is 0. The lowest BCUT2D eigenvalue weighted by Gasteiger charge is -2.13. The number of halogens is 2. The number of nitrogens with two attached hydrogens (primary N) is 1. The zero-order valence-electron chi connectivity index (χ0n) is 10.6. The molecule has 1 aromatic heterocycles. The number of rotatable bonds is 2. The van der Waals surface area contributed by atoms with Crippen LogP contribution in [0.15, 0.2) is 18.2 Å². The molecule has 1 aromatic carbocycles. The third-order valence-corrected chi connectivity index (χ3v) is 4.67. The van der Waals surface area contributed by atoms with Gasteiger partial charge < -0.3 is 5.73 Å². The first-order chi connectivity index (χ1) is 8.40. The molecule has 0 aliphatic heterocycles. The van der Waals surface area contributed by atoms with Gasteiger partial charge in [-0.3, -0.25) is 0 Å². The fourth-order valence-electron chi connectivity index (χ4n) is 1.83. The normalized spacial score (nSPS) is 12.8. The molecule has 96 valence electrons. The Morgan fingerprint density at radius 2 is 1.83 bits per heavy atom. The van der Waals surface area contributed by atoms with E-state index in [0.29, 0.717) is 10.6 Å². The molecule has 1 unspecified atom stereocenters. The average Bonchev–Trinajstić information content (AvgIpc) is 2.63. The Bertz CT molecular complexity index is 572. The third-order valence-electron chi connectivity index (χ3n) is 3.10. The van der Waals surface area contributed by atoms with Gasteiger partial charge in [0, 0.05) is 14.8 Å². The number of hydrogen-bond acceptors (Lipinski definition) is 2. The van der Waals surface area contributed by atoms with Crippen molar-refractivity contribution in [2.45, 2.75) is 26.8 Å². The highest BCUT2D eigenvalue weighted by atomic mass is 35.5. The molecule has 4 heteroatoms. The zero-order valence-corrected chi connectivity index (χ0v) is 12.1. The Hall–Kier alpha value is -0.900. The standard InChI is InChI=1S/C14H15ClFNS/c1-7-5-13(18-9(7)3)14(17)10-4-8(2)12(16)6-11(10)15/h4-6,14H,17H2,1-3H3. The Morgan fingerprint density at radius 3 is 2.39 bits per heavy atom. The maximum Gasteiger partial charge on any atom is 0.127 e. The van der Waals surface area contributed by atoms with Gasteiger partial charge in [0.2, 0.25) is 0 Å². The first kappa shape index (κ1) is 13.5. The molecule has 18 heavy (non-hydrogen) atoms. The van der Waals surface area contributed by atoms with Crippen molar-refractivity contribution < 1.29 is 4.39 Å². The van der Waals surface area contributed by atoms with Crippen LogP contribution in [0.25, 0.3) is 0 Å². The predicted octanol–water partition coefficient (Wildman–Crippen LogP) is 4.51. The van der Waals surface area contributed by atoms with E-state index in [1.54, 1.807) is 24.3 Å². The summed E-state index contributed by atoms with van der Waals surface area (Å²) in [5.74, 6) is -0.297. The van der Waals surface area contributed by atoms with E-state index in [9.17, 15) is 4.39 Å². The lowest BCUT2D eigenvalue weighted by molar-refractivity contribution is 0.617. The van der Waals surface area contributed by atoms with Gasteiger partial charge in [0.05, 0.1) is 6.04 Å². The molecule has 0 aliphatic carbocycles. The maximum atomic E-state index is 13.4. The molecular weight excluding hydrogens is 269 g/mol. The summed E-state index contributed by atoms with van der Waals surface area (Å²) in [6, 6.07) is 4.83. The van der Waals surface area contributed by atoms with Gasteiger partial charge in [-0.25, -0.2) is 4.39 Å². The molecule has 0 saturated heterocycles. The molecule has 1 nitrogen and oxygen atoms in total. The minimum atomic E-state index is -0.297. The highest BCUT2D eigenvalue weighted by molar-refractivity contribution is 7.12. The molecule has 0 saturated carbocycles. The summed E-state index contributed by atoms with van der Waals surface area (Å²) >= 11 is 7.74. The Kier molecular flexibility index (Phi) is 3.76. The number of aryl methyl sites for hydroxylation is 3. The highest BCUT2D eigenvalue weighted by Crippen LogP contribution is 2.33. The third kappa shape index (κ3) is 2.44. The van der Waals surface area contributed by atoms with Crippen LogP contribution in [0.4, 0.5) is 4.39 Å². The van der Waals surface area contributed by atoms with Crippen LogP contribution in [0.5, 0.6) is 0 Å². The van der Waals surface area contributed by atoms with Crippen molar-refractivity contribution >= 4 is 22.9 Å². The van der Waals surface area contributed by atoms with Crippen LogP contribution < -0.4 is 5.73 Å². The summed E-state index contributed by atoms with van der Waals surface area (Å²) in [6.07, 6.45) is 0. The van der Waals surface area contributed by atoms with Gasteiger partial charge in [-0.1, -0.05) is 11.6 Å². The molecule has 0 radical (unpaired) electrons. The van der Waals surface area contributed by atoms with Gasteiger partial charge in [0.15, 0.2) is 0 Å². The molecule has 0 fully saturated rings. The quantitative estimate of drug-likeness (QED) is 0.862. The van der Waals surface area contributed by atoms with Gasteiger partial charge in [-0.15, -0.1) is 11.3 Å². The van der Waals surface area contributed by atoms with Crippen molar-refractivity contribution in [1.82, 2.24) is 0 Å². The molecular formula is C14H15ClFNS. The lowest BCUT2D eigenvalue weighted by Crippen LogP contribution is -2.11. The van der Waals surface area contributed by atoms with Crippen molar-refractivity contribution in [3.63, 3.8) is 0 Å². The second kappa shape index (κ2) is 5.00. The van der Waals surface area contributed by atoms with Crippen molar-refractivity contribution in [1.29, 1.82) is 0 Å². The van der Waals surface area contributed by atoms with E-state index < -0.39 is 0 Å². The molecule has 1 atom stereocenters. The summed E-state index contributed by atoms with van der Waals surface area (Å²) < 4.78 is 13.4. The van der Waals surface area contributed by atoms with Gasteiger partial charge in [-0.05, 0) is 55.7 Å². The SMILES string of the molecule is Cc1cc(C(N)c2cc(C)c(C)s2)c(Cl)cc1F. The van der Waals surface area contributed by atoms with Gasteiger partial charge >= 0.3 is 0 Å². The predicted molar refractivity (Wildman–Crippen MR) is 76.0 cm³/mol. The van der Waals surface area contributed by atoms with E-state index in [0.717, 1.165) is 10.4 Å². The van der Waals surface area contributed by atoms with Crippen LogP contribution in [0.2, 0.25) is 5.02 Å². The molecule has 2 rings (SSSR count). The zero-order chi connectivity index (χ0) is 13.4. The number of benzene rings is 1. The van der Waals surface area contributed by atoms with Gasteiger partial charge in [0.25, 0.3) is 0 Å². The molecule has 2 aromatic rings. The molecule has 2 N–H and O–H groups in total. The first-order valence-electron chi connectivity index (χ1n) is 5.68. The first-order valence-corrected chi connectivity index (χ1v) is 6.87. The second-order valence-electron chi connectivity index (χ2n) is 4.49. The van der Waals surface area contributed by atoms with Crippen LogP contribution in [0.1, 0.15) is 32.5 Å². The molecule has 1 heterocycles. The smallest absolute Gasteiger partial charge is 0.127 e. The lowest BCUT2D eigenvalue weighted by atomic mass is 10.0. The summed E-state index contributed by atoms with van der Waals surface area (Å²) in [6.45, 7) is 5.83. The largest absolute Gasteiger partial charge is 0.320 e. The fourth-order valence-corrected chi connectivity index (χ4v) is 3.16. The summed E-state index contributed by atoms with van der Waals surface area (Å²) in [5, 5.41) is 0.384. The van der Waals surface area contributed by atoms with E-state index in [-0.39, 0.29) is 11.9 Å². The van der Waals surface area contributed by atoms with Crippen LogP contribution in [0.3, 0.4) is 0 Å². The van der Waals surface area contributed by atoms with E-state index >= 15 is 0 Å². The van der Waals surface area contributed by atoms with E-state index in [1.807, 2.05) is 0 Å². The van der Waals surface area contributed by atoms with E-state index in [2.05, 4.69) is 19.9 Å². The van der Waals surface area contributed by atoms with E-state index in [1.165, 1.54) is 16.5 Å². The Morgan fingerprint density at radius 1 is 1.17 bits per heavy atom. The van der Waals surface area contributed by atoms with Crippen LogP contribution >= 0.6 is 22.9 Å². The summed E-state index contributed by atoms with van der Waals surface area (Å²) in [4.78, 5) is 2.30. The monoisotopic (exact) mass is 283 g/mol. The maximum absolute atomic E-state index is 13.4. The molecule has 0 bridgehead atoms. The Balaban J connectivity index is 2.45. The molecule has 0 aliphatic rings. The molecule has 0 spiro atoms. The summed E-state index contributed by atoms with van der Waals surface area (Å²) in [5.41, 5.74) is 8.78. The topological polar surface area (TPSA) is 26.0 Å². The van der Waals surface area contributed by atoms with Crippen molar-refractivity contribution in [2.75, 3.05) is 0 Å². The highest BCUT2D eigenvalue weighted by Gasteiger charge is 2.17. The average molecular weight is 284 g/mol. The Labute approximate surface area is 115 Å². The minimum absolute atomic E-state index is 0.297. The van der Waals surface area contributed by atoms with Crippen LogP contribution in [0, 0.1) is 26.6 Å². The fraction of sp³-hybridized carbons (Fsp3) is 0.286. The second-order valence-corrected chi connectivity index (χ2v) is 6.18. The number of hydrogen-bond donors (Lipinski definition) is 1. The van der Waals surface area contributed by atoms with Crippen molar-refractivity contribution in [3.05, 3.63) is 55.5 Å².